The number of halogens is 2. The predicted molar refractivity (Wildman–Crippen MR) is 96.6 cm³/mol. The van der Waals surface area contributed by atoms with Crippen LogP contribution in [0.5, 0.6) is 0 Å². The van der Waals surface area contributed by atoms with Crippen LogP contribution >= 0.6 is 28.3 Å². The molecule has 2 N–H and O–H groups in total. The molecule has 0 aliphatic carbocycles. The number of methoxy groups -OCH3 is 1. The van der Waals surface area contributed by atoms with Gasteiger partial charge in [-0.25, -0.2) is 0 Å². The average Bonchev–Trinajstić information content (AvgIpc) is 2.48. The Morgan fingerprint density at radius 2 is 2.18 bits per heavy atom. The van der Waals surface area contributed by atoms with Crippen molar-refractivity contribution in [2.24, 2.45) is 5.92 Å². The topological polar surface area (TPSA) is 50.4 Å². The highest BCUT2D eigenvalue weighted by Gasteiger charge is 2.09. The molecule has 22 heavy (non-hydrogen) atoms. The summed E-state index contributed by atoms with van der Waals surface area (Å²) in [5, 5.41) is 6.03. The van der Waals surface area contributed by atoms with Crippen LogP contribution < -0.4 is 10.6 Å². The molecule has 1 unspecified atom stereocenters. The maximum atomic E-state index is 11.7. The monoisotopic (exact) mass is 392 g/mol. The minimum Gasteiger partial charge on any atom is -0.383 e. The molecule has 6 heteroatoms. The van der Waals surface area contributed by atoms with E-state index < -0.39 is 0 Å². The second-order valence-electron chi connectivity index (χ2n) is 5.08. The molecule has 1 aromatic rings. The summed E-state index contributed by atoms with van der Waals surface area (Å²) in [6, 6.07) is 8.33. The molecule has 0 aliphatic rings. The van der Waals surface area contributed by atoms with Crippen LogP contribution in [-0.4, -0.2) is 39.3 Å². The molecule has 0 fully saturated rings. The van der Waals surface area contributed by atoms with Gasteiger partial charge in [-0.15, -0.1) is 12.4 Å². The van der Waals surface area contributed by atoms with Gasteiger partial charge in [-0.1, -0.05) is 41.4 Å². The van der Waals surface area contributed by atoms with Crippen molar-refractivity contribution < 1.29 is 9.53 Å². The predicted octanol–water partition coefficient (Wildman–Crippen LogP) is 2.79. The van der Waals surface area contributed by atoms with Gasteiger partial charge in [0, 0.05) is 24.7 Å². The molecule has 126 valence electrons. The minimum absolute atomic E-state index is 0. The molecule has 0 aromatic heterocycles. The summed E-state index contributed by atoms with van der Waals surface area (Å²) in [6.07, 6.45) is 2.03. The van der Waals surface area contributed by atoms with Gasteiger partial charge in [0.25, 0.3) is 0 Å². The number of carbonyl (C=O) groups excluding carboxylic acids is 1. The molecule has 1 aromatic carbocycles. The molecule has 0 radical (unpaired) electrons. The molecule has 0 heterocycles. The Hall–Kier alpha value is -0.620. The molecule has 1 atom stereocenters. The number of hydrogen-bond donors (Lipinski definition) is 2. The van der Waals surface area contributed by atoms with E-state index in [0.29, 0.717) is 32.2 Å². The van der Waals surface area contributed by atoms with E-state index in [0.717, 1.165) is 17.3 Å². The zero-order chi connectivity index (χ0) is 15.5. The first-order valence-corrected chi connectivity index (χ1v) is 8.15. The number of rotatable bonds is 10. The fraction of sp³-hybridized carbons (Fsp3) is 0.562. The van der Waals surface area contributed by atoms with Gasteiger partial charge in [-0.3, -0.25) is 4.79 Å². The molecule has 1 amide bonds. The van der Waals surface area contributed by atoms with E-state index in [4.69, 9.17) is 4.74 Å². The molecular weight excluding hydrogens is 368 g/mol. The zero-order valence-corrected chi connectivity index (χ0v) is 15.6. The lowest BCUT2D eigenvalue weighted by molar-refractivity contribution is -0.120. The summed E-state index contributed by atoms with van der Waals surface area (Å²) in [5.41, 5.74) is 1.30. The van der Waals surface area contributed by atoms with Crippen LogP contribution in [0.15, 0.2) is 28.7 Å². The Kier molecular flexibility index (Phi) is 12.5. The minimum atomic E-state index is 0. The van der Waals surface area contributed by atoms with Crippen molar-refractivity contribution in [3.63, 3.8) is 0 Å². The number of carbonyl (C=O) groups is 1. The van der Waals surface area contributed by atoms with Crippen LogP contribution in [0.1, 0.15) is 18.9 Å². The molecule has 4 nitrogen and oxygen atoms in total. The van der Waals surface area contributed by atoms with Crippen LogP contribution in [0.4, 0.5) is 0 Å². The normalized spacial score (nSPS) is 11.6. The Morgan fingerprint density at radius 3 is 2.82 bits per heavy atom. The smallest absolute Gasteiger partial charge is 0.233 e. The summed E-state index contributed by atoms with van der Waals surface area (Å²) in [7, 11) is 1.65. The first-order chi connectivity index (χ1) is 10.2. The van der Waals surface area contributed by atoms with Crippen molar-refractivity contribution >= 4 is 34.2 Å². The summed E-state index contributed by atoms with van der Waals surface area (Å²) >= 11 is 3.49. The summed E-state index contributed by atoms with van der Waals surface area (Å²) in [6.45, 7) is 4.53. The van der Waals surface area contributed by atoms with Gasteiger partial charge in [-0.05, 0) is 30.0 Å². The summed E-state index contributed by atoms with van der Waals surface area (Å²) in [5.74, 6) is 0.501. The second-order valence-corrected chi connectivity index (χ2v) is 6.00. The number of hydrogen-bond acceptors (Lipinski definition) is 3. The lowest BCUT2D eigenvalue weighted by Gasteiger charge is -2.16. The van der Waals surface area contributed by atoms with Gasteiger partial charge in [0.15, 0.2) is 0 Å². The molecule has 0 aliphatic heterocycles. The molecule has 0 saturated carbocycles. The molecule has 0 bridgehead atoms. The van der Waals surface area contributed by atoms with Gasteiger partial charge in [0.2, 0.25) is 5.91 Å². The number of amides is 1. The van der Waals surface area contributed by atoms with Gasteiger partial charge in [0.1, 0.15) is 0 Å². The third kappa shape index (κ3) is 9.41. The van der Waals surface area contributed by atoms with Crippen LogP contribution in [0.3, 0.4) is 0 Å². The van der Waals surface area contributed by atoms with Gasteiger partial charge >= 0.3 is 0 Å². The number of ether oxygens (including phenoxy) is 1. The first-order valence-electron chi connectivity index (χ1n) is 7.36. The van der Waals surface area contributed by atoms with Crippen molar-refractivity contribution in [3.8, 4) is 0 Å². The molecular formula is C16H26BrClN2O2. The van der Waals surface area contributed by atoms with Crippen LogP contribution in [0.25, 0.3) is 0 Å². The maximum Gasteiger partial charge on any atom is 0.233 e. The zero-order valence-electron chi connectivity index (χ0n) is 13.2. The van der Waals surface area contributed by atoms with Crippen molar-refractivity contribution in [2.75, 3.05) is 33.4 Å². The average molecular weight is 394 g/mol. The quantitative estimate of drug-likeness (QED) is 0.601. The Labute approximate surface area is 147 Å². The molecule has 0 spiro atoms. The maximum absolute atomic E-state index is 11.7. The van der Waals surface area contributed by atoms with E-state index in [9.17, 15) is 4.79 Å². The van der Waals surface area contributed by atoms with Crippen LogP contribution in [0.2, 0.25) is 0 Å². The third-order valence-electron chi connectivity index (χ3n) is 3.35. The molecule has 1 rings (SSSR count). The highest BCUT2D eigenvalue weighted by atomic mass is 79.9. The fourth-order valence-electron chi connectivity index (χ4n) is 2.05. The van der Waals surface area contributed by atoms with Gasteiger partial charge < -0.3 is 15.4 Å². The SMILES string of the molecule is CCC(CNC(=O)CNCCOC)Cc1cccc(Br)c1.Cl. The van der Waals surface area contributed by atoms with Crippen molar-refractivity contribution in [1.82, 2.24) is 10.6 Å². The largest absolute Gasteiger partial charge is 0.383 e. The van der Waals surface area contributed by atoms with Crippen molar-refractivity contribution in [1.29, 1.82) is 0 Å². The van der Waals surface area contributed by atoms with Gasteiger partial charge in [0.05, 0.1) is 13.2 Å². The van der Waals surface area contributed by atoms with E-state index in [2.05, 4.69) is 45.6 Å². The lowest BCUT2D eigenvalue weighted by atomic mass is 9.97. The lowest BCUT2D eigenvalue weighted by Crippen LogP contribution is -2.37. The highest BCUT2D eigenvalue weighted by molar-refractivity contribution is 9.10. The van der Waals surface area contributed by atoms with E-state index in [1.165, 1.54) is 5.56 Å². The summed E-state index contributed by atoms with van der Waals surface area (Å²) in [4.78, 5) is 11.7. The number of benzene rings is 1. The van der Waals surface area contributed by atoms with E-state index in [1.54, 1.807) is 7.11 Å². The first kappa shape index (κ1) is 21.4. The molecule has 0 saturated heterocycles. The van der Waals surface area contributed by atoms with Crippen molar-refractivity contribution in [2.45, 2.75) is 19.8 Å². The third-order valence-corrected chi connectivity index (χ3v) is 3.84. The van der Waals surface area contributed by atoms with Crippen molar-refractivity contribution in [3.05, 3.63) is 34.3 Å². The standard InChI is InChI=1S/C16H25BrN2O2.ClH/c1-3-13(9-14-5-4-6-15(17)10-14)11-19-16(20)12-18-7-8-21-2;/h4-6,10,13,18H,3,7-9,11-12H2,1-2H3,(H,19,20);1H. The van der Waals surface area contributed by atoms with Gasteiger partial charge in [-0.2, -0.15) is 0 Å². The van der Waals surface area contributed by atoms with E-state index in [1.807, 2.05) is 12.1 Å². The van der Waals surface area contributed by atoms with Crippen LogP contribution in [0, 0.1) is 5.92 Å². The Morgan fingerprint density at radius 1 is 1.41 bits per heavy atom. The Balaban J connectivity index is 0.00000441. The summed E-state index contributed by atoms with van der Waals surface area (Å²) < 4.78 is 6.02. The van der Waals surface area contributed by atoms with Crippen LogP contribution in [-0.2, 0) is 16.0 Å². The number of nitrogens with one attached hydrogen (secondary N) is 2. The van der Waals surface area contributed by atoms with E-state index >= 15 is 0 Å². The second kappa shape index (κ2) is 12.9. The Bertz CT molecular complexity index is 432. The fourth-order valence-corrected chi connectivity index (χ4v) is 2.50. The highest BCUT2D eigenvalue weighted by Crippen LogP contribution is 2.16. The van der Waals surface area contributed by atoms with E-state index in [-0.39, 0.29) is 18.3 Å².